The second kappa shape index (κ2) is 8.67. The molecule has 4 heteroatoms. The Hall–Kier alpha value is -0.550. The maximum atomic E-state index is 3.54. The lowest BCUT2D eigenvalue weighted by Gasteiger charge is -2.32. The van der Waals surface area contributed by atoms with E-state index in [0.29, 0.717) is 0 Å². The van der Waals surface area contributed by atoms with E-state index >= 15 is 0 Å². The van der Waals surface area contributed by atoms with Gasteiger partial charge < -0.3 is 15.1 Å². The molecule has 0 atom stereocenters. The van der Waals surface area contributed by atoms with Crippen LogP contribution < -0.4 is 5.32 Å². The van der Waals surface area contributed by atoms with Crippen molar-refractivity contribution in [3.63, 3.8) is 0 Å². The van der Waals surface area contributed by atoms with Crippen LogP contribution in [0.15, 0.2) is 29.2 Å². The van der Waals surface area contributed by atoms with Crippen LogP contribution in [0.25, 0.3) is 0 Å². The van der Waals surface area contributed by atoms with Gasteiger partial charge in [0.05, 0.1) is 0 Å². The predicted octanol–water partition coefficient (Wildman–Crippen LogP) is 2.14. The van der Waals surface area contributed by atoms with E-state index in [9.17, 15) is 0 Å². The highest BCUT2D eigenvalue weighted by Gasteiger charge is 2.12. The fraction of sp³-hybridized carbons (Fsp3) is 0.625. The second-order valence-electron chi connectivity index (χ2n) is 5.52. The van der Waals surface area contributed by atoms with Crippen molar-refractivity contribution < 1.29 is 0 Å². The first-order valence-corrected chi connectivity index (χ1v) is 8.75. The third-order valence-electron chi connectivity index (χ3n) is 3.91. The van der Waals surface area contributed by atoms with Gasteiger partial charge in [0.2, 0.25) is 0 Å². The number of hydrogen-bond acceptors (Lipinski definition) is 4. The molecule has 1 saturated heterocycles. The fourth-order valence-corrected chi connectivity index (χ4v) is 2.88. The summed E-state index contributed by atoms with van der Waals surface area (Å²) in [7, 11) is 2.21. The Morgan fingerprint density at radius 2 is 1.80 bits per heavy atom. The number of piperazine rings is 1. The van der Waals surface area contributed by atoms with Crippen LogP contribution in [0.2, 0.25) is 0 Å². The maximum Gasteiger partial charge on any atom is 0.0205 e. The van der Waals surface area contributed by atoms with E-state index in [1.165, 1.54) is 49.6 Å². The lowest BCUT2D eigenvalue weighted by Crippen LogP contribution is -2.45. The summed E-state index contributed by atoms with van der Waals surface area (Å²) in [4.78, 5) is 6.32. The van der Waals surface area contributed by atoms with Crippen LogP contribution in [-0.4, -0.2) is 62.4 Å². The van der Waals surface area contributed by atoms with Gasteiger partial charge in [-0.25, -0.2) is 0 Å². The molecular weight excluding hydrogens is 266 g/mol. The van der Waals surface area contributed by atoms with Gasteiger partial charge in [0.15, 0.2) is 0 Å². The summed E-state index contributed by atoms with van der Waals surface area (Å²) in [5.41, 5.74) is 1.38. The molecule has 112 valence electrons. The standard InChI is InChI=1S/C16H27N3S/c1-18-10-12-19(13-11-18)9-3-8-17-14-15-4-6-16(20-2)7-5-15/h4-7,17H,3,8-14H2,1-2H3. The van der Waals surface area contributed by atoms with Gasteiger partial charge in [-0.1, -0.05) is 12.1 Å². The average molecular weight is 293 g/mol. The Balaban J connectivity index is 1.55. The van der Waals surface area contributed by atoms with Gasteiger partial charge >= 0.3 is 0 Å². The minimum atomic E-state index is 0.984. The molecule has 0 radical (unpaired) electrons. The summed E-state index contributed by atoms with van der Waals surface area (Å²) in [6.07, 6.45) is 3.36. The van der Waals surface area contributed by atoms with E-state index in [-0.39, 0.29) is 0 Å². The minimum absolute atomic E-state index is 0.984. The number of likely N-dealkylation sites (N-methyl/N-ethyl adjacent to an activating group) is 1. The van der Waals surface area contributed by atoms with Crippen molar-refractivity contribution in [2.24, 2.45) is 0 Å². The largest absolute Gasteiger partial charge is 0.313 e. The van der Waals surface area contributed by atoms with Crippen molar-refractivity contribution in [1.29, 1.82) is 0 Å². The molecule has 0 spiro atoms. The van der Waals surface area contributed by atoms with Gasteiger partial charge in [-0.2, -0.15) is 0 Å². The third-order valence-corrected chi connectivity index (χ3v) is 4.66. The molecule has 0 aliphatic carbocycles. The summed E-state index contributed by atoms with van der Waals surface area (Å²) in [5, 5.41) is 3.54. The molecule has 0 unspecified atom stereocenters. The number of nitrogens with one attached hydrogen (secondary N) is 1. The van der Waals surface area contributed by atoms with Crippen LogP contribution in [-0.2, 0) is 6.54 Å². The molecule has 1 N–H and O–H groups in total. The normalized spacial score (nSPS) is 17.5. The van der Waals surface area contributed by atoms with Gasteiger partial charge in [0, 0.05) is 37.6 Å². The van der Waals surface area contributed by atoms with Gasteiger partial charge in [0.1, 0.15) is 0 Å². The van der Waals surface area contributed by atoms with Gasteiger partial charge in [-0.15, -0.1) is 11.8 Å². The molecule has 0 aromatic heterocycles. The highest BCUT2D eigenvalue weighted by Crippen LogP contribution is 2.14. The summed E-state index contributed by atoms with van der Waals surface area (Å²) in [5.74, 6) is 0. The highest BCUT2D eigenvalue weighted by atomic mass is 32.2. The summed E-state index contributed by atoms with van der Waals surface area (Å²) >= 11 is 1.80. The first-order chi connectivity index (χ1) is 9.78. The van der Waals surface area contributed by atoms with Crippen molar-refractivity contribution in [3.05, 3.63) is 29.8 Å². The molecule has 1 aromatic carbocycles. The Kier molecular flexibility index (Phi) is 6.87. The second-order valence-corrected chi connectivity index (χ2v) is 6.40. The molecule has 0 bridgehead atoms. The van der Waals surface area contributed by atoms with Gasteiger partial charge in [-0.05, 0) is 50.5 Å². The number of thioether (sulfide) groups is 1. The first-order valence-electron chi connectivity index (χ1n) is 7.52. The Morgan fingerprint density at radius 1 is 1.10 bits per heavy atom. The third kappa shape index (κ3) is 5.44. The van der Waals surface area contributed by atoms with Crippen molar-refractivity contribution in [1.82, 2.24) is 15.1 Å². The number of benzene rings is 1. The molecule has 20 heavy (non-hydrogen) atoms. The van der Waals surface area contributed by atoms with E-state index in [2.05, 4.69) is 52.7 Å². The van der Waals surface area contributed by atoms with Crippen molar-refractivity contribution in [2.75, 3.05) is 52.6 Å². The molecular formula is C16H27N3S. The molecule has 1 aliphatic heterocycles. The molecule has 0 amide bonds. The molecule has 1 heterocycles. The van der Waals surface area contributed by atoms with Gasteiger partial charge in [-0.3, -0.25) is 0 Å². The average Bonchev–Trinajstić information content (AvgIpc) is 2.49. The molecule has 1 aliphatic rings. The van der Waals surface area contributed by atoms with Crippen LogP contribution in [0, 0.1) is 0 Å². The Labute approximate surface area is 127 Å². The smallest absolute Gasteiger partial charge is 0.0205 e. The SMILES string of the molecule is CSc1ccc(CNCCCN2CCN(C)CC2)cc1. The lowest BCUT2D eigenvalue weighted by atomic mass is 10.2. The maximum absolute atomic E-state index is 3.54. The van der Waals surface area contributed by atoms with E-state index in [1.54, 1.807) is 11.8 Å². The van der Waals surface area contributed by atoms with E-state index in [1.807, 2.05) is 0 Å². The number of rotatable bonds is 7. The number of hydrogen-bond donors (Lipinski definition) is 1. The molecule has 2 rings (SSSR count). The first kappa shape index (κ1) is 15.8. The summed E-state index contributed by atoms with van der Waals surface area (Å²) in [6.45, 7) is 8.21. The minimum Gasteiger partial charge on any atom is -0.313 e. The van der Waals surface area contributed by atoms with Gasteiger partial charge in [0.25, 0.3) is 0 Å². The number of nitrogens with zero attached hydrogens (tertiary/aromatic N) is 2. The summed E-state index contributed by atoms with van der Waals surface area (Å²) < 4.78 is 0. The van der Waals surface area contributed by atoms with Crippen LogP contribution >= 0.6 is 11.8 Å². The highest BCUT2D eigenvalue weighted by molar-refractivity contribution is 7.98. The van der Waals surface area contributed by atoms with E-state index < -0.39 is 0 Å². The van der Waals surface area contributed by atoms with Crippen molar-refractivity contribution in [3.8, 4) is 0 Å². The lowest BCUT2D eigenvalue weighted by molar-refractivity contribution is 0.153. The van der Waals surface area contributed by atoms with E-state index in [0.717, 1.165) is 13.1 Å². The van der Waals surface area contributed by atoms with Crippen LogP contribution in [0.3, 0.4) is 0 Å². The fourth-order valence-electron chi connectivity index (χ4n) is 2.48. The van der Waals surface area contributed by atoms with E-state index in [4.69, 9.17) is 0 Å². The molecule has 1 aromatic rings. The molecule has 1 fully saturated rings. The summed E-state index contributed by atoms with van der Waals surface area (Å²) in [6, 6.07) is 8.84. The molecule has 0 saturated carbocycles. The molecule has 3 nitrogen and oxygen atoms in total. The zero-order chi connectivity index (χ0) is 14.2. The zero-order valence-electron chi connectivity index (χ0n) is 12.8. The van der Waals surface area contributed by atoms with Crippen LogP contribution in [0.4, 0.5) is 0 Å². The van der Waals surface area contributed by atoms with Crippen LogP contribution in [0.1, 0.15) is 12.0 Å². The predicted molar refractivity (Wildman–Crippen MR) is 88.5 cm³/mol. The van der Waals surface area contributed by atoms with Crippen molar-refractivity contribution in [2.45, 2.75) is 17.9 Å². The van der Waals surface area contributed by atoms with Crippen molar-refractivity contribution >= 4 is 11.8 Å². The Morgan fingerprint density at radius 3 is 2.45 bits per heavy atom. The topological polar surface area (TPSA) is 18.5 Å². The quantitative estimate of drug-likeness (QED) is 0.613. The van der Waals surface area contributed by atoms with Crippen LogP contribution in [0.5, 0.6) is 0 Å². The zero-order valence-corrected chi connectivity index (χ0v) is 13.6. The monoisotopic (exact) mass is 293 g/mol. The Bertz CT molecular complexity index is 372.